The van der Waals surface area contributed by atoms with Crippen LogP contribution in [0.2, 0.25) is 0 Å². The minimum Gasteiger partial charge on any atom is -0.503 e. The van der Waals surface area contributed by atoms with Crippen LogP contribution >= 0.6 is 0 Å². The molecule has 0 unspecified atom stereocenters. The Bertz CT molecular complexity index is 133. The average molecular weight is 193 g/mol. The van der Waals surface area contributed by atoms with E-state index in [1.54, 1.807) is 0 Å². The molecule has 0 radical (unpaired) electrons. The molecule has 0 bridgehead atoms. The summed E-state index contributed by atoms with van der Waals surface area (Å²) in [4.78, 5) is 18.6. The number of carboxylic acid groups (broad SMARTS) is 2. The van der Waals surface area contributed by atoms with Crippen LogP contribution in [0.15, 0.2) is 12.7 Å². The van der Waals surface area contributed by atoms with E-state index in [0.717, 1.165) is 12.5 Å². The molecule has 0 aliphatic heterocycles. The van der Waals surface area contributed by atoms with E-state index in [9.17, 15) is 9.59 Å². The maximum atomic E-state index is 9.31. The van der Waals surface area contributed by atoms with Crippen molar-refractivity contribution in [1.29, 1.82) is 0 Å². The molecule has 0 aromatic heterocycles. The van der Waals surface area contributed by atoms with Gasteiger partial charge in [0.25, 0.3) is 0 Å². The third-order valence-corrected chi connectivity index (χ3v) is 0.422. The molecule has 0 atom stereocenters. The van der Waals surface area contributed by atoms with E-state index in [-0.39, 0.29) is 21.7 Å². The van der Waals surface area contributed by atoms with Crippen molar-refractivity contribution < 1.29 is 41.5 Å². The summed E-state index contributed by atoms with van der Waals surface area (Å²) in [6.07, 6.45) is 1.92. The SMILES string of the molecule is C=CC(=O)O.C[CH-]C(=O)O.[Ti]. The normalized spacial score (nSPS) is 5.91. The number of rotatable bonds is 2. The van der Waals surface area contributed by atoms with Gasteiger partial charge in [-0.25, -0.2) is 4.79 Å². The van der Waals surface area contributed by atoms with Crippen LogP contribution < -0.4 is 0 Å². The fourth-order valence-corrected chi connectivity index (χ4v) is 0. The molecule has 0 heterocycles. The summed E-state index contributed by atoms with van der Waals surface area (Å²) in [5.41, 5.74) is 0. The molecule has 62 valence electrons. The van der Waals surface area contributed by atoms with Gasteiger partial charge in [0.05, 0.1) is 0 Å². The van der Waals surface area contributed by atoms with Gasteiger partial charge in [-0.3, -0.25) is 11.2 Å². The molecule has 0 aliphatic carbocycles. The molecule has 2 N–H and O–H groups in total. The zero-order valence-electron chi connectivity index (χ0n) is 6.07. The molecule has 0 spiro atoms. The van der Waals surface area contributed by atoms with E-state index in [2.05, 4.69) is 6.58 Å². The number of carboxylic acids is 2. The second kappa shape index (κ2) is 12.0. The number of hydrogen-bond donors (Lipinski definition) is 2. The zero-order valence-corrected chi connectivity index (χ0v) is 7.63. The minimum atomic E-state index is -0.981. The minimum absolute atomic E-state index is 0. The van der Waals surface area contributed by atoms with Crippen molar-refractivity contribution in [2.45, 2.75) is 6.92 Å². The molecule has 0 aromatic rings. The number of hydrogen-bond acceptors (Lipinski definition) is 2. The van der Waals surface area contributed by atoms with Crippen LogP contribution in [0.3, 0.4) is 0 Å². The van der Waals surface area contributed by atoms with Gasteiger partial charge in [0.15, 0.2) is 5.97 Å². The van der Waals surface area contributed by atoms with Crippen molar-refractivity contribution >= 4 is 11.9 Å². The molecule has 0 aliphatic rings. The summed E-state index contributed by atoms with van der Waals surface area (Å²) < 4.78 is 0. The van der Waals surface area contributed by atoms with Crippen LogP contribution in [-0.4, -0.2) is 22.2 Å². The van der Waals surface area contributed by atoms with Crippen LogP contribution in [0.25, 0.3) is 0 Å². The fraction of sp³-hybridized carbons (Fsp3) is 0.167. The van der Waals surface area contributed by atoms with Gasteiger partial charge in [0.1, 0.15) is 0 Å². The van der Waals surface area contributed by atoms with Crippen LogP contribution in [0.5, 0.6) is 0 Å². The van der Waals surface area contributed by atoms with Gasteiger partial charge in [-0.05, 0) is 0 Å². The monoisotopic (exact) mass is 193 g/mol. The van der Waals surface area contributed by atoms with E-state index in [4.69, 9.17) is 10.2 Å². The maximum Gasteiger partial charge on any atom is 0.327 e. The molecular weight excluding hydrogens is 184 g/mol. The molecule has 0 saturated carbocycles. The zero-order chi connectivity index (χ0) is 8.57. The smallest absolute Gasteiger partial charge is 0.327 e. The first kappa shape index (κ1) is 16.7. The van der Waals surface area contributed by atoms with Gasteiger partial charge in [-0.1, -0.05) is 6.58 Å². The molecule has 0 saturated heterocycles. The molecule has 4 nitrogen and oxygen atoms in total. The van der Waals surface area contributed by atoms with Crippen LogP contribution in [-0.2, 0) is 31.3 Å². The predicted molar refractivity (Wildman–Crippen MR) is 35.4 cm³/mol. The molecule has 5 heteroatoms. The summed E-state index contributed by atoms with van der Waals surface area (Å²) in [7, 11) is 0. The maximum absolute atomic E-state index is 9.31. The third kappa shape index (κ3) is 45.9. The van der Waals surface area contributed by atoms with Crippen molar-refractivity contribution in [3.05, 3.63) is 19.1 Å². The molecule has 0 aromatic carbocycles. The number of aliphatic carboxylic acids is 2. The Labute approximate surface area is 79.8 Å². The predicted octanol–water partition coefficient (Wildman–Crippen LogP) is 0.550. The van der Waals surface area contributed by atoms with Gasteiger partial charge in [-0.2, -0.15) is 6.92 Å². The van der Waals surface area contributed by atoms with Crippen molar-refractivity contribution in [2.75, 3.05) is 0 Å². The van der Waals surface area contributed by atoms with Crippen LogP contribution in [0.4, 0.5) is 0 Å². The van der Waals surface area contributed by atoms with Crippen molar-refractivity contribution in [3.63, 3.8) is 0 Å². The van der Waals surface area contributed by atoms with Crippen LogP contribution in [0.1, 0.15) is 6.92 Å². The van der Waals surface area contributed by atoms with E-state index in [1.165, 1.54) is 6.92 Å². The fourth-order valence-electron chi connectivity index (χ4n) is 0. The van der Waals surface area contributed by atoms with Gasteiger partial charge < -0.3 is 10.2 Å². The van der Waals surface area contributed by atoms with Crippen molar-refractivity contribution in [2.24, 2.45) is 0 Å². The molecular formula is C6H9O4Ti-. The van der Waals surface area contributed by atoms with Crippen LogP contribution in [0, 0.1) is 6.42 Å². The second-order valence-electron chi connectivity index (χ2n) is 1.17. The Morgan fingerprint density at radius 3 is 1.64 bits per heavy atom. The summed E-state index contributed by atoms with van der Waals surface area (Å²) in [5.74, 6) is -1.85. The Kier molecular flexibility index (Phi) is 18.2. The largest absolute Gasteiger partial charge is 0.503 e. The molecule has 0 rings (SSSR count). The first-order valence-electron chi connectivity index (χ1n) is 2.42. The van der Waals surface area contributed by atoms with Crippen molar-refractivity contribution in [3.8, 4) is 0 Å². The quantitative estimate of drug-likeness (QED) is 0.381. The Morgan fingerprint density at radius 2 is 1.64 bits per heavy atom. The van der Waals surface area contributed by atoms with Gasteiger partial charge in [-0.15, -0.1) is 0 Å². The molecule has 0 fully saturated rings. The average Bonchev–Trinajstić information content (AvgIpc) is 1.89. The molecule has 0 amide bonds. The number of carbonyl (C=O) groups is 2. The summed E-state index contributed by atoms with van der Waals surface area (Å²) in [5, 5.41) is 15.3. The first-order valence-corrected chi connectivity index (χ1v) is 2.42. The van der Waals surface area contributed by atoms with Gasteiger partial charge in [0, 0.05) is 27.8 Å². The molecule has 11 heavy (non-hydrogen) atoms. The topological polar surface area (TPSA) is 74.6 Å². The summed E-state index contributed by atoms with van der Waals surface area (Å²) in [6.45, 7) is 4.44. The van der Waals surface area contributed by atoms with E-state index >= 15 is 0 Å². The van der Waals surface area contributed by atoms with Crippen molar-refractivity contribution in [1.82, 2.24) is 0 Å². The second-order valence-corrected chi connectivity index (χ2v) is 1.17. The van der Waals surface area contributed by atoms with Gasteiger partial charge in [0.2, 0.25) is 0 Å². The first-order chi connectivity index (χ1) is 4.54. The van der Waals surface area contributed by atoms with E-state index in [1.807, 2.05) is 0 Å². The van der Waals surface area contributed by atoms with Gasteiger partial charge >= 0.3 is 5.97 Å². The van der Waals surface area contributed by atoms with E-state index in [0.29, 0.717) is 0 Å². The Morgan fingerprint density at radius 1 is 1.45 bits per heavy atom. The standard InChI is InChI=1S/C3H5O2.C3H4O2.Ti/c2*1-2-3(4)5;/h2H,1H3,(H,4,5);2H,1H2,(H,4,5);/q-1;;. The Hall–Kier alpha value is -0.736. The third-order valence-electron chi connectivity index (χ3n) is 0.422. The van der Waals surface area contributed by atoms with E-state index < -0.39 is 11.9 Å². The summed E-state index contributed by atoms with van der Waals surface area (Å²) >= 11 is 0. The Balaban J connectivity index is -0.000000107. The summed E-state index contributed by atoms with van der Waals surface area (Å²) in [6, 6.07) is 0.